The Bertz CT molecular complexity index is 1390. The molecule has 1 aliphatic rings. The lowest BCUT2D eigenvalue weighted by molar-refractivity contribution is 0.100. The third kappa shape index (κ3) is 5.89. The van der Waals surface area contributed by atoms with Gasteiger partial charge in [-0.25, -0.2) is 12.8 Å². The average Bonchev–Trinajstić information content (AvgIpc) is 3.31. The van der Waals surface area contributed by atoms with Gasteiger partial charge in [0.25, 0.3) is 5.91 Å². The van der Waals surface area contributed by atoms with Crippen molar-refractivity contribution in [2.24, 2.45) is 11.7 Å². The van der Waals surface area contributed by atoms with Gasteiger partial charge in [-0.1, -0.05) is 26.7 Å². The number of sulfonamides is 1. The first-order chi connectivity index (χ1) is 17.6. The second-order valence-corrected chi connectivity index (χ2v) is 12.3. The van der Waals surface area contributed by atoms with Crippen molar-refractivity contribution in [3.8, 4) is 11.1 Å². The van der Waals surface area contributed by atoms with E-state index in [0.717, 1.165) is 42.3 Å². The molecule has 9 heteroatoms. The summed E-state index contributed by atoms with van der Waals surface area (Å²) in [5, 5.41) is 4.11. The molecule has 3 aromatic rings. The Kier molecular flexibility index (Phi) is 8.36. The molecular formula is C28H37FN4O3S. The smallest absolute Gasteiger partial charge is 0.250 e. The number of nitrogens with two attached hydrogens (primary N) is 1. The molecular weight excluding hydrogens is 491 g/mol. The number of carbonyl (C=O) groups excluding carboxylic acids is 1. The number of nitrogens with one attached hydrogen (secondary N) is 2. The van der Waals surface area contributed by atoms with Crippen molar-refractivity contribution < 1.29 is 17.6 Å². The summed E-state index contributed by atoms with van der Waals surface area (Å²) in [5.41, 5.74) is 9.52. The third-order valence-corrected chi connectivity index (χ3v) is 9.31. The molecule has 1 saturated heterocycles. The molecule has 4 rings (SSSR count). The van der Waals surface area contributed by atoms with Crippen LogP contribution in [0, 0.1) is 11.7 Å². The van der Waals surface area contributed by atoms with E-state index in [2.05, 4.69) is 24.1 Å². The zero-order chi connectivity index (χ0) is 26.7. The predicted molar refractivity (Wildman–Crippen MR) is 146 cm³/mol. The van der Waals surface area contributed by atoms with Crippen LogP contribution in [0.2, 0.25) is 0 Å². The van der Waals surface area contributed by atoms with Crippen LogP contribution in [0.3, 0.4) is 0 Å². The number of piperidine rings is 1. The molecule has 2 atom stereocenters. The highest BCUT2D eigenvalue weighted by atomic mass is 32.2. The molecule has 0 aliphatic carbocycles. The SMILES string of the molecule is CC[C@H](C)CNCc1cc(F)cc(-c2cc(C(N)=O)c3[nH]cc(C4CCCCN4S(=O)(=O)CC)c3c2)c1. The van der Waals surface area contributed by atoms with Gasteiger partial charge < -0.3 is 16.0 Å². The minimum absolute atomic E-state index is 0.0286. The lowest BCUT2D eigenvalue weighted by atomic mass is 9.93. The largest absolute Gasteiger partial charge is 0.366 e. The maximum absolute atomic E-state index is 14.7. The van der Waals surface area contributed by atoms with E-state index < -0.39 is 15.9 Å². The molecule has 4 N–H and O–H groups in total. The number of halogens is 1. The van der Waals surface area contributed by atoms with E-state index in [1.165, 1.54) is 12.1 Å². The van der Waals surface area contributed by atoms with Crippen molar-refractivity contribution in [2.45, 2.75) is 59.0 Å². The number of nitrogens with zero attached hydrogens (tertiary/aromatic N) is 1. The standard InChI is InChI=1S/C28H37FN4O3S/c1-4-18(3)15-31-16-19-10-20(12-22(29)11-19)21-13-23-25(17-32-27(23)24(14-21)28(30)34)26-8-6-7-9-33(26)37(35,36)5-2/h10-14,17-18,26,31-32H,4-9,15-16H2,1-3H3,(H2,30,34)/t18-,26?/m0/s1. The fraction of sp³-hybridized carbons (Fsp3) is 0.464. The highest BCUT2D eigenvalue weighted by molar-refractivity contribution is 7.89. The molecule has 1 aliphatic heterocycles. The first kappa shape index (κ1) is 27.3. The summed E-state index contributed by atoms with van der Waals surface area (Å²) in [6, 6.07) is 8.13. The number of aromatic amines is 1. The second-order valence-electron chi connectivity index (χ2n) is 10.1. The van der Waals surface area contributed by atoms with Gasteiger partial charge in [-0.3, -0.25) is 4.79 Å². The van der Waals surface area contributed by atoms with Crippen LogP contribution in [0.4, 0.5) is 4.39 Å². The molecule has 7 nitrogen and oxygen atoms in total. The van der Waals surface area contributed by atoms with E-state index in [0.29, 0.717) is 47.6 Å². The minimum Gasteiger partial charge on any atom is -0.366 e. The van der Waals surface area contributed by atoms with Gasteiger partial charge in [0.1, 0.15) is 5.82 Å². The molecule has 2 aromatic carbocycles. The topological polar surface area (TPSA) is 108 Å². The first-order valence-electron chi connectivity index (χ1n) is 13.1. The number of fused-ring (bicyclic) bond motifs is 1. The second kappa shape index (κ2) is 11.3. The van der Waals surface area contributed by atoms with Gasteiger partial charge in [-0.2, -0.15) is 4.31 Å². The number of amides is 1. The van der Waals surface area contributed by atoms with Gasteiger partial charge in [-0.05, 0) is 84.8 Å². The average molecular weight is 529 g/mol. The Hall–Kier alpha value is -2.75. The van der Waals surface area contributed by atoms with Crippen LogP contribution in [0.1, 0.15) is 74.0 Å². The number of benzene rings is 2. The van der Waals surface area contributed by atoms with Crippen LogP contribution < -0.4 is 11.1 Å². The number of hydrogen-bond donors (Lipinski definition) is 3. The molecule has 1 unspecified atom stereocenters. The van der Waals surface area contributed by atoms with E-state index in [-0.39, 0.29) is 17.6 Å². The van der Waals surface area contributed by atoms with E-state index in [1.807, 2.05) is 12.1 Å². The molecule has 2 heterocycles. The Morgan fingerprint density at radius 3 is 2.65 bits per heavy atom. The number of primary amides is 1. The molecule has 1 aromatic heterocycles. The molecule has 0 radical (unpaired) electrons. The molecule has 1 fully saturated rings. The number of hydrogen-bond acceptors (Lipinski definition) is 4. The summed E-state index contributed by atoms with van der Waals surface area (Å²) in [6.45, 7) is 7.79. The van der Waals surface area contributed by atoms with Crippen molar-refractivity contribution in [2.75, 3.05) is 18.8 Å². The highest BCUT2D eigenvalue weighted by Crippen LogP contribution is 2.39. The summed E-state index contributed by atoms with van der Waals surface area (Å²) >= 11 is 0. The van der Waals surface area contributed by atoms with Gasteiger partial charge in [0.15, 0.2) is 0 Å². The molecule has 200 valence electrons. The Balaban J connectivity index is 1.79. The normalized spacial score (nSPS) is 17.8. The number of aromatic nitrogens is 1. The fourth-order valence-electron chi connectivity index (χ4n) is 5.13. The zero-order valence-electron chi connectivity index (χ0n) is 21.8. The summed E-state index contributed by atoms with van der Waals surface area (Å²) in [6.07, 6.45) is 5.26. The van der Waals surface area contributed by atoms with Crippen molar-refractivity contribution in [1.29, 1.82) is 0 Å². The minimum atomic E-state index is -3.41. The number of rotatable bonds is 10. The Morgan fingerprint density at radius 1 is 1.19 bits per heavy atom. The summed E-state index contributed by atoms with van der Waals surface area (Å²) < 4.78 is 42.0. The fourth-order valence-corrected chi connectivity index (χ4v) is 6.48. The number of H-pyrrole nitrogens is 1. The van der Waals surface area contributed by atoms with Gasteiger partial charge in [-0.15, -0.1) is 0 Å². The van der Waals surface area contributed by atoms with Gasteiger partial charge in [0.2, 0.25) is 10.0 Å². The zero-order valence-corrected chi connectivity index (χ0v) is 22.6. The summed E-state index contributed by atoms with van der Waals surface area (Å²) in [5.74, 6) is -0.411. The maximum atomic E-state index is 14.7. The van der Waals surface area contributed by atoms with Crippen LogP contribution in [-0.2, 0) is 16.6 Å². The molecule has 1 amide bonds. The van der Waals surface area contributed by atoms with Crippen molar-refractivity contribution in [1.82, 2.24) is 14.6 Å². The van der Waals surface area contributed by atoms with Crippen molar-refractivity contribution in [3.63, 3.8) is 0 Å². The number of carbonyl (C=O) groups is 1. The summed E-state index contributed by atoms with van der Waals surface area (Å²) in [4.78, 5) is 15.6. The first-order valence-corrected chi connectivity index (χ1v) is 14.7. The van der Waals surface area contributed by atoms with Crippen LogP contribution in [0.5, 0.6) is 0 Å². The van der Waals surface area contributed by atoms with Crippen LogP contribution in [-0.4, -0.2) is 42.5 Å². The molecule has 0 saturated carbocycles. The van der Waals surface area contributed by atoms with Crippen LogP contribution >= 0.6 is 0 Å². The van der Waals surface area contributed by atoms with E-state index in [1.54, 1.807) is 23.5 Å². The maximum Gasteiger partial charge on any atom is 0.250 e. The Labute approximate surface area is 218 Å². The monoisotopic (exact) mass is 528 g/mol. The highest BCUT2D eigenvalue weighted by Gasteiger charge is 2.34. The van der Waals surface area contributed by atoms with E-state index in [4.69, 9.17) is 5.73 Å². The van der Waals surface area contributed by atoms with Crippen molar-refractivity contribution >= 4 is 26.8 Å². The molecule has 0 spiro atoms. The van der Waals surface area contributed by atoms with Crippen LogP contribution in [0.15, 0.2) is 36.5 Å². The van der Waals surface area contributed by atoms with Gasteiger partial charge >= 0.3 is 0 Å². The van der Waals surface area contributed by atoms with Crippen LogP contribution in [0.25, 0.3) is 22.0 Å². The van der Waals surface area contributed by atoms with E-state index >= 15 is 0 Å². The lowest BCUT2D eigenvalue weighted by Gasteiger charge is -2.34. The van der Waals surface area contributed by atoms with Crippen molar-refractivity contribution in [3.05, 3.63) is 59.0 Å². The lowest BCUT2D eigenvalue weighted by Crippen LogP contribution is -2.39. The molecule has 37 heavy (non-hydrogen) atoms. The van der Waals surface area contributed by atoms with Gasteiger partial charge in [0.05, 0.1) is 22.9 Å². The van der Waals surface area contributed by atoms with E-state index in [9.17, 15) is 17.6 Å². The molecule has 0 bridgehead atoms. The third-order valence-electron chi connectivity index (χ3n) is 7.43. The van der Waals surface area contributed by atoms with Gasteiger partial charge in [0, 0.05) is 24.7 Å². The summed E-state index contributed by atoms with van der Waals surface area (Å²) in [7, 11) is -3.41. The quantitative estimate of drug-likeness (QED) is 0.341. The Morgan fingerprint density at radius 2 is 1.95 bits per heavy atom. The predicted octanol–water partition coefficient (Wildman–Crippen LogP) is 5.09.